The zero-order valence-corrected chi connectivity index (χ0v) is 12.5. The molecule has 1 heterocycles. The van der Waals surface area contributed by atoms with Crippen molar-refractivity contribution >= 4 is 0 Å². The van der Waals surface area contributed by atoms with Gasteiger partial charge in [0, 0.05) is 11.8 Å². The van der Waals surface area contributed by atoms with E-state index in [0.717, 1.165) is 0 Å². The first-order chi connectivity index (χ1) is 11.5. The fourth-order valence-electron chi connectivity index (χ4n) is 1.93. The van der Waals surface area contributed by atoms with Crippen LogP contribution in [0.15, 0.2) is 24.4 Å². The molecule has 0 amide bonds. The Balaban J connectivity index is 2.50. The summed E-state index contributed by atoms with van der Waals surface area (Å²) in [7, 11) is 0. The summed E-state index contributed by atoms with van der Waals surface area (Å²) in [5.74, 6) is -1.45. The van der Waals surface area contributed by atoms with Crippen molar-refractivity contribution in [2.24, 2.45) is 0 Å². The lowest BCUT2D eigenvalue weighted by Crippen LogP contribution is -2.22. The Bertz CT molecular complexity index is 823. The van der Waals surface area contributed by atoms with Crippen molar-refractivity contribution in [2.45, 2.75) is 19.3 Å². The lowest BCUT2D eigenvalue weighted by molar-refractivity contribution is -0.159. The normalized spacial score (nSPS) is 11.9. The molecule has 2 rings (SSSR count). The lowest BCUT2D eigenvalue weighted by Gasteiger charge is -2.15. The van der Waals surface area contributed by atoms with Gasteiger partial charge in [0.1, 0.15) is 5.56 Å². The maximum Gasteiger partial charge on any atom is 0.423 e. The van der Waals surface area contributed by atoms with Crippen LogP contribution >= 0.6 is 0 Å². The Hall–Kier alpha value is -2.83. The zero-order valence-electron chi connectivity index (χ0n) is 12.5. The van der Waals surface area contributed by atoms with Gasteiger partial charge in [-0.05, 0) is 30.7 Å². The van der Waals surface area contributed by atoms with E-state index in [0.29, 0.717) is 17.3 Å². The van der Waals surface area contributed by atoms with Gasteiger partial charge in [-0.1, -0.05) is 0 Å². The van der Waals surface area contributed by atoms with Crippen LogP contribution in [-0.4, -0.2) is 22.8 Å². The zero-order chi connectivity index (χ0) is 18.8. The van der Waals surface area contributed by atoms with Crippen LogP contribution in [0.1, 0.15) is 16.7 Å². The van der Waals surface area contributed by atoms with E-state index >= 15 is 0 Å². The highest BCUT2D eigenvalue weighted by molar-refractivity contribution is 5.62. The van der Waals surface area contributed by atoms with Gasteiger partial charge in [-0.3, -0.25) is 0 Å². The Morgan fingerprint density at radius 2 is 1.84 bits per heavy atom. The van der Waals surface area contributed by atoms with Gasteiger partial charge in [0.2, 0.25) is 5.88 Å². The van der Waals surface area contributed by atoms with Crippen molar-refractivity contribution in [1.29, 1.82) is 5.26 Å². The molecule has 132 valence electrons. The number of nitriles is 1. The van der Waals surface area contributed by atoms with Gasteiger partial charge in [-0.15, -0.1) is 0 Å². The number of nitrogens with zero attached hydrogens (tertiary/aromatic N) is 3. The van der Waals surface area contributed by atoms with Gasteiger partial charge >= 0.3 is 12.4 Å². The largest absolute Gasteiger partial charge is 0.467 e. The van der Waals surface area contributed by atoms with Gasteiger partial charge in [0.25, 0.3) is 0 Å². The fraction of sp³-hybridized carbons (Fsp3) is 0.267. The molecule has 0 fully saturated rings. The van der Waals surface area contributed by atoms with Crippen molar-refractivity contribution in [3.05, 3.63) is 41.1 Å². The molecule has 0 spiro atoms. The average molecular weight is 361 g/mol. The Labute approximate surface area is 137 Å². The number of hydrogen-bond donors (Lipinski definition) is 0. The number of aromatic nitrogens is 2. The maximum atomic E-state index is 12.9. The Morgan fingerprint density at radius 1 is 1.16 bits per heavy atom. The van der Waals surface area contributed by atoms with Crippen LogP contribution in [0.5, 0.6) is 5.88 Å². The third-order valence-corrected chi connectivity index (χ3v) is 3.03. The number of ether oxygens (including phenoxy) is 1. The predicted octanol–water partition coefficient (Wildman–Crippen LogP) is 4.28. The molecule has 4 nitrogen and oxygen atoms in total. The van der Waals surface area contributed by atoms with Gasteiger partial charge in [-0.25, -0.2) is 4.98 Å². The van der Waals surface area contributed by atoms with Gasteiger partial charge in [0.15, 0.2) is 12.4 Å². The minimum Gasteiger partial charge on any atom is -0.467 e. The van der Waals surface area contributed by atoms with Crippen LogP contribution < -0.4 is 4.74 Å². The van der Waals surface area contributed by atoms with Gasteiger partial charge in [0.05, 0.1) is 11.6 Å². The first-order valence-corrected chi connectivity index (χ1v) is 6.66. The molecule has 0 aliphatic carbocycles. The Kier molecular flexibility index (Phi) is 4.87. The molecule has 25 heavy (non-hydrogen) atoms. The maximum absolute atomic E-state index is 12.9. The van der Waals surface area contributed by atoms with Crippen LogP contribution in [0.4, 0.5) is 26.3 Å². The molecule has 1 aromatic heterocycles. The molecule has 10 heteroatoms. The van der Waals surface area contributed by atoms with Gasteiger partial charge < -0.3 is 4.74 Å². The van der Waals surface area contributed by atoms with Crippen LogP contribution in [0.2, 0.25) is 0 Å². The first-order valence-electron chi connectivity index (χ1n) is 6.66. The van der Waals surface area contributed by atoms with E-state index in [1.54, 1.807) is 6.92 Å². The Morgan fingerprint density at radius 3 is 2.36 bits per heavy atom. The second-order valence-corrected chi connectivity index (χ2v) is 4.96. The molecule has 0 saturated carbocycles. The summed E-state index contributed by atoms with van der Waals surface area (Å²) >= 11 is 0. The minimum absolute atomic E-state index is 0.243. The van der Waals surface area contributed by atoms with Crippen molar-refractivity contribution in [2.75, 3.05) is 6.61 Å². The second-order valence-electron chi connectivity index (χ2n) is 4.96. The van der Waals surface area contributed by atoms with Crippen LogP contribution in [0.3, 0.4) is 0 Å². The van der Waals surface area contributed by atoms with Crippen LogP contribution in [-0.2, 0) is 6.18 Å². The fourth-order valence-corrected chi connectivity index (χ4v) is 1.93. The van der Waals surface area contributed by atoms with Crippen molar-refractivity contribution in [3.8, 4) is 23.3 Å². The highest BCUT2D eigenvalue weighted by atomic mass is 19.4. The molecule has 0 atom stereocenters. The molecule has 2 aromatic rings. The van der Waals surface area contributed by atoms with E-state index < -0.39 is 30.4 Å². The summed E-state index contributed by atoms with van der Waals surface area (Å²) in [6.45, 7) is -0.355. The summed E-state index contributed by atoms with van der Waals surface area (Å²) < 4.78 is 79.7. The molecule has 0 unspecified atom stereocenters. The second kappa shape index (κ2) is 6.58. The highest BCUT2D eigenvalue weighted by Crippen LogP contribution is 2.36. The van der Waals surface area contributed by atoms with Crippen LogP contribution in [0, 0.1) is 18.3 Å². The quantitative estimate of drug-likeness (QED) is 0.766. The summed E-state index contributed by atoms with van der Waals surface area (Å²) in [6.07, 6.45) is -9.43. The number of halogens is 6. The van der Waals surface area contributed by atoms with E-state index in [1.807, 2.05) is 6.07 Å². The summed E-state index contributed by atoms with van der Waals surface area (Å²) in [6, 6.07) is 6.12. The number of benzene rings is 1. The van der Waals surface area contributed by atoms with E-state index in [-0.39, 0.29) is 11.4 Å². The van der Waals surface area contributed by atoms with Crippen molar-refractivity contribution < 1.29 is 31.1 Å². The minimum atomic E-state index is -4.97. The molecule has 0 aliphatic rings. The summed E-state index contributed by atoms with van der Waals surface area (Å²) in [4.78, 5) is 7.05. The van der Waals surface area contributed by atoms with Gasteiger partial charge in [-0.2, -0.15) is 36.6 Å². The number of alkyl halides is 6. The van der Waals surface area contributed by atoms with E-state index in [9.17, 15) is 26.3 Å². The topological polar surface area (TPSA) is 58.8 Å². The van der Waals surface area contributed by atoms with Crippen molar-refractivity contribution in [3.63, 3.8) is 0 Å². The van der Waals surface area contributed by atoms with E-state index in [2.05, 4.69) is 14.7 Å². The standard InChI is InChI=1S/C15H9F6N3O/c1-8-4-9(5-22)2-3-10(8)12-23-6-11(15(19,20)21)13(24-12)25-7-14(16,17)18/h2-4,6H,7H2,1H3. The smallest absolute Gasteiger partial charge is 0.423 e. The molecule has 1 aromatic carbocycles. The molecule has 0 N–H and O–H groups in total. The molecular weight excluding hydrogens is 352 g/mol. The monoisotopic (exact) mass is 361 g/mol. The summed E-state index contributed by atoms with van der Waals surface area (Å²) in [5.41, 5.74) is -0.460. The number of hydrogen-bond acceptors (Lipinski definition) is 4. The van der Waals surface area contributed by atoms with Crippen molar-refractivity contribution in [1.82, 2.24) is 9.97 Å². The molecular formula is C15H9F6N3O. The third-order valence-electron chi connectivity index (χ3n) is 3.03. The highest BCUT2D eigenvalue weighted by Gasteiger charge is 2.38. The lowest BCUT2D eigenvalue weighted by atomic mass is 10.0. The number of rotatable bonds is 3. The summed E-state index contributed by atoms with van der Waals surface area (Å²) in [5, 5.41) is 8.81. The third kappa shape index (κ3) is 4.59. The first kappa shape index (κ1) is 18.5. The predicted molar refractivity (Wildman–Crippen MR) is 73.5 cm³/mol. The molecule has 0 aliphatic heterocycles. The SMILES string of the molecule is Cc1cc(C#N)ccc1-c1ncc(C(F)(F)F)c(OCC(F)(F)F)n1. The number of aryl methyl sites for hydroxylation is 1. The van der Waals surface area contributed by atoms with Crippen LogP contribution in [0.25, 0.3) is 11.4 Å². The van der Waals surface area contributed by atoms with E-state index in [4.69, 9.17) is 5.26 Å². The molecule has 0 bridgehead atoms. The van der Waals surface area contributed by atoms with E-state index in [1.165, 1.54) is 18.2 Å². The molecule has 0 saturated heterocycles. The average Bonchev–Trinajstić information content (AvgIpc) is 2.51. The molecule has 0 radical (unpaired) electrons.